The molecule has 0 aliphatic heterocycles. The van der Waals surface area contributed by atoms with Crippen molar-refractivity contribution < 1.29 is 4.79 Å². The number of nitrogens with one attached hydrogen (secondary N) is 1. The van der Waals surface area contributed by atoms with Crippen molar-refractivity contribution in [3.63, 3.8) is 0 Å². The van der Waals surface area contributed by atoms with Gasteiger partial charge in [0.2, 0.25) is 0 Å². The molecule has 0 unspecified atom stereocenters. The summed E-state index contributed by atoms with van der Waals surface area (Å²) in [6, 6.07) is 23.9. The van der Waals surface area contributed by atoms with Gasteiger partial charge in [-0.2, -0.15) is 5.10 Å². The molecule has 26 heavy (non-hydrogen) atoms. The lowest BCUT2D eigenvalue weighted by molar-refractivity contribution is 0.102. The third-order valence-electron chi connectivity index (χ3n) is 4.41. The summed E-state index contributed by atoms with van der Waals surface area (Å²) >= 11 is 0. The zero-order chi connectivity index (χ0) is 17.9. The summed E-state index contributed by atoms with van der Waals surface area (Å²) in [4.78, 5) is 12.3. The van der Waals surface area contributed by atoms with Crippen molar-refractivity contribution in [2.24, 2.45) is 0 Å². The summed E-state index contributed by atoms with van der Waals surface area (Å²) in [6.07, 6.45) is 1.88. The highest BCUT2D eigenvalue weighted by molar-refractivity contribution is 6.03. The Hall–Kier alpha value is -3.40. The van der Waals surface area contributed by atoms with Crippen molar-refractivity contribution in [1.82, 2.24) is 9.78 Å². The molecule has 4 heteroatoms. The molecule has 4 rings (SSSR count). The summed E-state index contributed by atoms with van der Waals surface area (Å²) in [7, 11) is 0. The molecule has 0 saturated carbocycles. The molecule has 1 amide bonds. The van der Waals surface area contributed by atoms with Crippen LogP contribution in [0.25, 0.3) is 10.8 Å². The van der Waals surface area contributed by atoms with E-state index in [1.54, 1.807) is 0 Å². The van der Waals surface area contributed by atoms with Gasteiger partial charge >= 0.3 is 0 Å². The van der Waals surface area contributed by atoms with Crippen molar-refractivity contribution in [2.75, 3.05) is 5.32 Å². The van der Waals surface area contributed by atoms with Crippen LogP contribution in [0, 0.1) is 6.92 Å². The van der Waals surface area contributed by atoms with E-state index in [9.17, 15) is 4.79 Å². The number of rotatable bonds is 4. The number of carbonyl (C=O) groups excluding carboxylic acids is 1. The van der Waals surface area contributed by atoms with Crippen molar-refractivity contribution in [2.45, 2.75) is 13.5 Å². The van der Waals surface area contributed by atoms with Crippen LogP contribution in [-0.2, 0) is 6.54 Å². The van der Waals surface area contributed by atoms with Gasteiger partial charge in [0.1, 0.15) is 0 Å². The Kier molecular flexibility index (Phi) is 4.23. The Morgan fingerprint density at radius 2 is 1.73 bits per heavy atom. The molecule has 1 aromatic heterocycles. The number of fused-ring (bicyclic) bond motifs is 1. The van der Waals surface area contributed by atoms with Crippen molar-refractivity contribution in [3.05, 3.63) is 95.7 Å². The highest BCUT2D eigenvalue weighted by Crippen LogP contribution is 2.19. The summed E-state index contributed by atoms with van der Waals surface area (Å²) in [5.41, 5.74) is 2.95. The summed E-state index contributed by atoms with van der Waals surface area (Å²) in [5.74, 6) is 0.399. The van der Waals surface area contributed by atoms with Crippen molar-refractivity contribution in [1.29, 1.82) is 0 Å². The predicted molar refractivity (Wildman–Crippen MR) is 104 cm³/mol. The van der Waals surface area contributed by atoms with Crippen LogP contribution in [0.1, 0.15) is 21.5 Å². The predicted octanol–water partition coefficient (Wildman–Crippen LogP) is 4.65. The van der Waals surface area contributed by atoms with Gasteiger partial charge in [0.05, 0.1) is 6.54 Å². The number of hydrogen-bond acceptors (Lipinski definition) is 2. The number of anilines is 1. The first-order valence-corrected chi connectivity index (χ1v) is 8.57. The second-order valence-electron chi connectivity index (χ2n) is 6.36. The molecule has 0 aliphatic carbocycles. The van der Waals surface area contributed by atoms with Gasteiger partial charge in [0.15, 0.2) is 5.82 Å². The van der Waals surface area contributed by atoms with E-state index in [-0.39, 0.29) is 5.91 Å². The molecule has 4 nitrogen and oxygen atoms in total. The fourth-order valence-electron chi connectivity index (χ4n) is 3.01. The van der Waals surface area contributed by atoms with Crippen LogP contribution in [0.2, 0.25) is 0 Å². The molecular formula is C22H19N3O. The second-order valence-corrected chi connectivity index (χ2v) is 6.36. The van der Waals surface area contributed by atoms with Gasteiger partial charge in [0, 0.05) is 17.8 Å². The first kappa shape index (κ1) is 16.1. The molecule has 0 fully saturated rings. The molecule has 4 aromatic rings. The van der Waals surface area contributed by atoms with E-state index in [0.29, 0.717) is 17.9 Å². The Labute approximate surface area is 152 Å². The number of hydrogen-bond donors (Lipinski definition) is 1. The zero-order valence-electron chi connectivity index (χ0n) is 14.5. The van der Waals surface area contributed by atoms with E-state index in [4.69, 9.17) is 0 Å². The molecule has 0 radical (unpaired) electrons. The van der Waals surface area contributed by atoms with Gasteiger partial charge in [-0.05, 0) is 35.4 Å². The molecule has 1 N–H and O–H groups in total. The van der Waals surface area contributed by atoms with E-state index in [1.165, 1.54) is 16.3 Å². The quantitative estimate of drug-likeness (QED) is 0.587. The van der Waals surface area contributed by atoms with E-state index >= 15 is 0 Å². The summed E-state index contributed by atoms with van der Waals surface area (Å²) in [5, 5.41) is 9.76. The van der Waals surface area contributed by atoms with Crippen LogP contribution >= 0.6 is 0 Å². The van der Waals surface area contributed by atoms with E-state index < -0.39 is 0 Å². The maximum absolute atomic E-state index is 12.3. The minimum atomic E-state index is -0.152. The summed E-state index contributed by atoms with van der Waals surface area (Å²) < 4.78 is 1.84. The maximum atomic E-state index is 12.3. The highest BCUT2D eigenvalue weighted by atomic mass is 16.1. The Morgan fingerprint density at radius 1 is 0.962 bits per heavy atom. The highest BCUT2D eigenvalue weighted by Gasteiger charge is 2.08. The fourth-order valence-corrected chi connectivity index (χ4v) is 3.01. The lowest BCUT2D eigenvalue weighted by Gasteiger charge is -2.07. The summed E-state index contributed by atoms with van der Waals surface area (Å²) in [6.45, 7) is 2.65. The monoisotopic (exact) mass is 341 g/mol. The molecule has 0 spiro atoms. The maximum Gasteiger partial charge on any atom is 0.256 e. The smallest absolute Gasteiger partial charge is 0.256 e. The molecular weight excluding hydrogens is 322 g/mol. The van der Waals surface area contributed by atoms with E-state index in [1.807, 2.05) is 60.3 Å². The minimum Gasteiger partial charge on any atom is -0.305 e. The Morgan fingerprint density at radius 3 is 2.58 bits per heavy atom. The van der Waals surface area contributed by atoms with Crippen LogP contribution in [0.5, 0.6) is 0 Å². The normalized spacial score (nSPS) is 10.8. The SMILES string of the molecule is Cc1ccc(C(=O)Nc2ccn(Cc3cccc4ccccc34)n2)cc1. The number of benzene rings is 3. The Bertz CT molecular complexity index is 1060. The topological polar surface area (TPSA) is 46.9 Å². The van der Waals surface area contributed by atoms with E-state index in [0.717, 1.165) is 5.56 Å². The van der Waals surface area contributed by atoms with Crippen LogP contribution in [-0.4, -0.2) is 15.7 Å². The first-order valence-electron chi connectivity index (χ1n) is 8.57. The van der Waals surface area contributed by atoms with Gasteiger partial charge in [-0.15, -0.1) is 0 Å². The third-order valence-corrected chi connectivity index (χ3v) is 4.41. The molecule has 128 valence electrons. The Balaban J connectivity index is 1.51. The third kappa shape index (κ3) is 3.35. The first-order chi connectivity index (χ1) is 12.7. The van der Waals surface area contributed by atoms with Gasteiger partial charge < -0.3 is 5.32 Å². The molecule has 3 aromatic carbocycles. The van der Waals surface area contributed by atoms with Crippen LogP contribution in [0.3, 0.4) is 0 Å². The van der Waals surface area contributed by atoms with Crippen molar-refractivity contribution >= 4 is 22.5 Å². The fraction of sp³-hybridized carbons (Fsp3) is 0.0909. The lowest BCUT2D eigenvalue weighted by atomic mass is 10.0. The number of aryl methyl sites for hydroxylation is 1. The lowest BCUT2D eigenvalue weighted by Crippen LogP contribution is -2.12. The average molecular weight is 341 g/mol. The number of carbonyl (C=O) groups is 1. The van der Waals surface area contributed by atoms with Gasteiger partial charge in [0.25, 0.3) is 5.91 Å². The molecule has 0 saturated heterocycles. The molecule has 0 bridgehead atoms. The van der Waals surface area contributed by atoms with Gasteiger partial charge in [-0.1, -0.05) is 60.2 Å². The van der Waals surface area contributed by atoms with Crippen LogP contribution in [0.15, 0.2) is 79.0 Å². The number of amides is 1. The van der Waals surface area contributed by atoms with Crippen LogP contribution < -0.4 is 5.32 Å². The second kappa shape index (κ2) is 6.84. The standard InChI is InChI=1S/C22H19N3O/c1-16-9-11-18(12-10-16)22(26)23-21-13-14-25(24-21)15-19-7-4-6-17-5-2-3-8-20(17)19/h2-14H,15H2,1H3,(H,23,24,26). The molecule has 1 heterocycles. The molecule has 0 aliphatic rings. The van der Waals surface area contributed by atoms with Gasteiger partial charge in [-0.3, -0.25) is 9.48 Å². The van der Waals surface area contributed by atoms with Crippen LogP contribution in [0.4, 0.5) is 5.82 Å². The van der Waals surface area contributed by atoms with Gasteiger partial charge in [-0.25, -0.2) is 0 Å². The van der Waals surface area contributed by atoms with Crippen molar-refractivity contribution in [3.8, 4) is 0 Å². The largest absolute Gasteiger partial charge is 0.305 e. The molecule has 0 atom stereocenters. The minimum absolute atomic E-state index is 0.152. The van der Waals surface area contributed by atoms with E-state index in [2.05, 4.69) is 40.7 Å². The number of nitrogens with zero attached hydrogens (tertiary/aromatic N) is 2. The zero-order valence-corrected chi connectivity index (χ0v) is 14.5. The number of aromatic nitrogens is 2. The average Bonchev–Trinajstić information content (AvgIpc) is 3.09.